The molecule has 0 bridgehead atoms. The van der Waals surface area contributed by atoms with E-state index in [9.17, 15) is 4.79 Å². The summed E-state index contributed by atoms with van der Waals surface area (Å²) >= 11 is 5.98. The molecule has 2 N–H and O–H groups in total. The molecule has 1 heterocycles. The minimum Gasteiger partial charge on any atom is -0.375 e. The van der Waals surface area contributed by atoms with Crippen LogP contribution in [0.25, 0.3) is 0 Å². The van der Waals surface area contributed by atoms with Crippen molar-refractivity contribution in [3.63, 3.8) is 0 Å². The number of rotatable bonds is 7. The fourth-order valence-electron chi connectivity index (χ4n) is 2.64. The van der Waals surface area contributed by atoms with Gasteiger partial charge in [0.2, 0.25) is 5.91 Å². The van der Waals surface area contributed by atoms with E-state index in [1.54, 1.807) is 7.11 Å². The van der Waals surface area contributed by atoms with Gasteiger partial charge in [0.05, 0.1) is 6.10 Å². The highest BCUT2D eigenvalue weighted by Crippen LogP contribution is 2.20. The molecule has 4 nitrogen and oxygen atoms in total. The summed E-state index contributed by atoms with van der Waals surface area (Å²) in [5, 5.41) is 6.94. The predicted octanol–water partition coefficient (Wildman–Crippen LogP) is 2.53. The maximum atomic E-state index is 11.9. The van der Waals surface area contributed by atoms with E-state index < -0.39 is 0 Å². The van der Waals surface area contributed by atoms with Crippen LogP contribution in [0.15, 0.2) is 24.3 Å². The van der Waals surface area contributed by atoms with Crippen LogP contribution in [0.4, 0.5) is 0 Å². The van der Waals surface area contributed by atoms with Crippen molar-refractivity contribution >= 4 is 17.5 Å². The summed E-state index contributed by atoms with van der Waals surface area (Å²) < 4.78 is 5.44. The number of nitrogens with one attached hydrogen (secondary N) is 2. The van der Waals surface area contributed by atoms with E-state index >= 15 is 0 Å². The normalized spacial score (nSPS) is 19.4. The lowest BCUT2D eigenvalue weighted by molar-refractivity contribution is -0.121. The molecule has 1 aliphatic rings. The van der Waals surface area contributed by atoms with Crippen LogP contribution in [-0.2, 0) is 9.53 Å². The molecular weight excluding hydrogens is 288 g/mol. The lowest BCUT2D eigenvalue weighted by Gasteiger charge is -2.17. The Morgan fingerprint density at radius 1 is 1.57 bits per heavy atom. The second-order valence-corrected chi connectivity index (χ2v) is 5.92. The van der Waals surface area contributed by atoms with Gasteiger partial charge < -0.3 is 15.4 Å². The van der Waals surface area contributed by atoms with Crippen molar-refractivity contribution in [1.82, 2.24) is 10.6 Å². The summed E-state index contributed by atoms with van der Waals surface area (Å²) in [6, 6.07) is 7.53. The van der Waals surface area contributed by atoms with Crippen LogP contribution in [0.5, 0.6) is 0 Å². The van der Waals surface area contributed by atoms with Gasteiger partial charge in [-0.15, -0.1) is 0 Å². The second kappa shape index (κ2) is 8.37. The van der Waals surface area contributed by atoms with Gasteiger partial charge in [0.25, 0.3) is 0 Å². The number of carbonyl (C=O) groups is 1. The van der Waals surface area contributed by atoms with Crippen LogP contribution in [0, 0.1) is 5.92 Å². The quantitative estimate of drug-likeness (QED) is 0.813. The van der Waals surface area contributed by atoms with Crippen LogP contribution < -0.4 is 10.6 Å². The molecular formula is C16H23ClN2O2. The monoisotopic (exact) mass is 310 g/mol. The number of halogens is 1. The Kier molecular flexibility index (Phi) is 6.49. The summed E-state index contributed by atoms with van der Waals surface area (Å²) in [7, 11) is 1.64. The molecule has 0 aliphatic carbocycles. The van der Waals surface area contributed by atoms with Crippen LogP contribution >= 0.6 is 11.6 Å². The minimum atomic E-state index is -0.166. The van der Waals surface area contributed by atoms with Gasteiger partial charge in [-0.2, -0.15) is 0 Å². The number of hydrogen-bond acceptors (Lipinski definition) is 3. The Hall–Kier alpha value is -1.10. The van der Waals surface area contributed by atoms with E-state index in [-0.39, 0.29) is 12.0 Å². The number of benzene rings is 1. The summed E-state index contributed by atoms with van der Waals surface area (Å²) in [4.78, 5) is 11.9. The zero-order valence-electron chi connectivity index (χ0n) is 12.4. The SMILES string of the molecule is COC(CNC(=O)CCC1CCNC1)c1cccc(Cl)c1. The van der Waals surface area contributed by atoms with Crippen molar-refractivity contribution in [2.45, 2.75) is 25.4 Å². The van der Waals surface area contributed by atoms with Gasteiger partial charge in [0, 0.05) is 25.1 Å². The molecule has 0 aromatic heterocycles. The molecule has 1 saturated heterocycles. The molecule has 0 spiro atoms. The zero-order chi connectivity index (χ0) is 15.1. The van der Waals surface area contributed by atoms with Gasteiger partial charge in [0.1, 0.15) is 0 Å². The van der Waals surface area contributed by atoms with Gasteiger partial charge in [-0.25, -0.2) is 0 Å². The van der Waals surface area contributed by atoms with Crippen LogP contribution in [0.2, 0.25) is 5.02 Å². The lowest BCUT2D eigenvalue weighted by atomic mass is 10.0. The highest BCUT2D eigenvalue weighted by molar-refractivity contribution is 6.30. The van der Waals surface area contributed by atoms with Crippen molar-refractivity contribution in [2.24, 2.45) is 5.92 Å². The average molecular weight is 311 g/mol. The average Bonchev–Trinajstić information content (AvgIpc) is 2.99. The van der Waals surface area contributed by atoms with Crippen LogP contribution in [0.1, 0.15) is 30.9 Å². The number of ether oxygens (including phenoxy) is 1. The van der Waals surface area contributed by atoms with E-state index in [2.05, 4.69) is 10.6 Å². The molecule has 2 atom stereocenters. The van der Waals surface area contributed by atoms with Crippen molar-refractivity contribution < 1.29 is 9.53 Å². The second-order valence-electron chi connectivity index (χ2n) is 5.48. The molecule has 2 rings (SSSR count). The predicted molar refractivity (Wildman–Crippen MR) is 84.4 cm³/mol. The summed E-state index contributed by atoms with van der Waals surface area (Å²) in [5.41, 5.74) is 0.977. The molecule has 116 valence electrons. The summed E-state index contributed by atoms with van der Waals surface area (Å²) in [6.07, 6.45) is 2.54. The van der Waals surface area contributed by atoms with Gasteiger partial charge in [-0.05, 0) is 49.5 Å². The highest BCUT2D eigenvalue weighted by atomic mass is 35.5. The first-order valence-electron chi connectivity index (χ1n) is 7.44. The molecule has 0 radical (unpaired) electrons. The number of hydrogen-bond donors (Lipinski definition) is 2. The summed E-state index contributed by atoms with van der Waals surface area (Å²) in [6.45, 7) is 2.59. The van der Waals surface area contributed by atoms with E-state index in [4.69, 9.17) is 16.3 Å². The third kappa shape index (κ3) is 5.30. The Morgan fingerprint density at radius 2 is 2.43 bits per heavy atom. The maximum absolute atomic E-state index is 11.9. The Bertz CT molecular complexity index is 461. The topological polar surface area (TPSA) is 50.4 Å². The van der Waals surface area contributed by atoms with Gasteiger partial charge in [-0.1, -0.05) is 23.7 Å². The first-order chi connectivity index (χ1) is 10.2. The van der Waals surface area contributed by atoms with E-state index in [1.165, 1.54) is 6.42 Å². The van der Waals surface area contributed by atoms with Crippen LogP contribution in [0.3, 0.4) is 0 Å². The Labute approximate surface area is 131 Å². The Balaban J connectivity index is 1.75. The molecule has 1 aliphatic heterocycles. The summed E-state index contributed by atoms with van der Waals surface area (Å²) in [5.74, 6) is 0.730. The molecule has 1 aromatic carbocycles. The molecule has 2 unspecified atom stereocenters. The van der Waals surface area contributed by atoms with Gasteiger partial charge >= 0.3 is 0 Å². The van der Waals surface area contributed by atoms with Crippen molar-refractivity contribution in [2.75, 3.05) is 26.7 Å². The Morgan fingerprint density at radius 3 is 3.10 bits per heavy atom. The van der Waals surface area contributed by atoms with Crippen molar-refractivity contribution in [1.29, 1.82) is 0 Å². The van der Waals surface area contributed by atoms with Crippen molar-refractivity contribution in [3.05, 3.63) is 34.9 Å². The minimum absolute atomic E-state index is 0.0889. The molecule has 1 amide bonds. The maximum Gasteiger partial charge on any atom is 0.220 e. The van der Waals surface area contributed by atoms with Gasteiger partial charge in [-0.3, -0.25) is 4.79 Å². The van der Waals surface area contributed by atoms with Crippen LogP contribution in [-0.4, -0.2) is 32.7 Å². The standard InChI is InChI=1S/C16H23ClN2O2/c1-21-15(13-3-2-4-14(17)9-13)11-19-16(20)6-5-12-7-8-18-10-12/h2-4,9,12,15,18H,5-8,10-11H2,1H3,(H,19,20). The molecule has 21 heavy (non-hydrogen) atoms. The number of amides is 1. The largest absolute Gasteiger partial charge is 0.375 e. The highest BCUT2D eigenvalue weighted by Gasteiger charge is 2.17. The molecule has 0 saturated carbocycles. The zero-order valence-corrected chi connectivity index (χ0v) is 13.2. The number of methoxy groups -OCH3 is 1. The molecule has 5 heteroatoms. The fraction of sp³-hybridized carbons (Fsp3) is 0.562. The first kappa shape index (κ1) is 16.3. The number of carbonyl (C=O) groups excluding carboxylic acids is 1. The smallest absolute Gasteiger partial charge is 0.220 e. The third-order valence-electron chi connectivity index (χ3n) is 3.93. The van der Waals surface area contributed by atoms with E-state index in [0.717, 1.165) is 25.1 Å². The third-order valence-corrected chi connectivity index (χ3v) is 4.17. The fourth-order valence-corrected chi connectivity index (χ4v) is 2.83. The molecule has 1 aromatic rings. The molecule has 1 fully saturated rings. The first-order valence-corrected chi connectivity index (χ1v) is 7.82. The van der Waals surface area contributed by atoms with E-state index in [1.807, 2.05) is 24.3 Å². The van der Waals surface area contributed by atoms with E-state index in [0.29, 0.717) is 23.9 Å². The van der Waals surface area contributed by atoms with Gasteiger partial charge in [0.15, 0.2) is 0 Å². The van der Waals surface area contributed by atoms with Crippen molar-refractivity contribution in [3.8, 4) is 0 Å². The lowest BCUT2D eigenvalue weighted by Crippen LogP contribution is -2.29.